The minimum atomic E-state index is -0.209. The summed E-state index contributed by atoms with van der Waals surface area (Å²) < 4.78 is 7.00. The Morgan fingerprint density at radius 1 is 1.18 bits per heavy atom. The van der Waals surface area contributed by atoms with Gasteiger partial charge in [0, 0.05) is 37.4 Å². The number of rotatable bonds is 9. The Kier molecular flexibility index (Phi) is 7.40. The van der Waals surface area contributed by atoms with Crippen LogP contribution in [0.2, 0.25) is 0 Å². The smallest absolute Gasteiger partial charge is 0.281 e. The molecular formula is C26H28N4O3S. The number of anilines is 1. The molecule has 2 aromatic carbocycles. The number of benzene rings is 2. The lowest BCUT2D eigenvalue weighted by Crippen LogP contribution is -2.30. The average Bonchev–Trinajstić information content (AvgIpc) is 3.33. The molecule has 176 valence electrons. The topological polar surface area (TPSA) is 75.6 Å². The zero-order chi connectivity index (χ0) is 24.1. The number of fused-ring (bicyclic) bond motifs is 1. The van der Waals surface area contributed by atoms with Crippen molar-refractivity contribution in [1.29, 1.82) is 0 Å². The van der Waals surface area contributed by atoms with Crippen LogP contribution in [0.15, 0.2) is 60.4 Å². The van der Waals surface area contributed by atoms with Crippen molar-refractivity contribution in [2.24, 2.45) is 0 Å². The first-order chi connectivity index (χ1) is 16.5. The van der Waals surface area contributed by atoms with Gasteiger partial charge in [0.25, 0.3) is 5.91 Å². The van der Waals surface area contributed by atoms with Gasteiger partial charge in [0.2, 0.25) is 5.91 Å². The van der Waals surface area contributed by atoms with E-state index in [1.165, 1.54) is 4.90 Å². The molecule has 0 saturated carbocycles. The second-order valence-electron chi connectivity index (χ2n) is 8.04. The van der Waals surface area contributed by atoms with Crippen molar-refractivity contribution in [2.45, 2.75) is 26.3 Å². The first-order valence-electron chi connectivity index (χ1n) is 11.3. The fourth-order valence-corrected chi connectivity index (χ4v) is 4.45. The number of aryl methyl sites for hydroxylation is 1. The summed E-state index contributed by atoms with van der Waals surface area (Å²) in [5.74, 6) is -0.274. The minimum absolute atomic E-state index is 0.0652. The molecule has 1 aromatic heterocycles. The summed E-state index contributed by atoms with van der Waals surface area (Å²) in [4.78, 5) is 27.2. The number of hydrogen-bond donors (Lipinski definition) is 2. The van der Waals surface area contributed by atoms with Crippen LogP contribution < -0.4 is 15.5 Å². The second kappa shape index (κ2) is 10.6. The number of carbonyl (C=O) groups excluding carboxylic acids is 2. The third-order valence-corrected chi connectivity index (χ3v) is 6.03. The molecule has 0 radical (unpaired) electrons. The van der Waals surface area contributed by atoms with Gasteiger partial charge in [-0.3, -0.25) is 14.5 Å². The van der Waals surface area contributed by atoms with Crippen molar-refractivity contribution in [3.05, 3.63) is 71.6 Å². The SMILES string of the molecule is CCc1cccc2c(/C=C3\NC(=S)N(c4ccccc4)C3=O)cn(CC(=O)NCCCOC)c12. The van der Waals surface area contributed by atoms with Gasteiger partial charge >= 0.3 is 0 Å². The molecule has 0 bridgehead atoms. The predicted octanol–water partition coefficient (Wildman–Crippen LogP) is 3.62. The van der Waals surface area contributed by atoms with E-state index in [1.54, 1.807) is 7.11 Å². The Balaban J connectivity index is 1.66. The first kappa shape index (κ1) is 23.7. The zero-order valence-corrected chi connectivity index (χ0v) is 20.2. The van der Waals surface area contributed by atoms with Gasteiger partial charge in [-0.25, -0.2) is 0 Å². The Labute approximate surface area is 204 Å². The number of para-hydroxylation sites is 2. The number of ether oxygens (including phenoxy) is 1. The van der Waals surface area contributed by atoms with Crippen molar-refractivity contribution >= 4 is 51.8 Å². The highest BCUT2D eigenvalue weighted by atomic mass is 32.1. The molecule has 3 aromatic rings. The van der Waals surface area contributed by atoms with Gasteiger partial charge < -0.3 is 19.9 Å². The Bertz CT molecular complexity index is 1250. The Hall–Kier alpha value is -3.49. The van der Waals surface area contributed by atoms with E-state index in [2.05, 4.69) is 23.6 Å². The summed E-state index contributed by atoms with van der Waals surface area (Å²) >= 11 is 5.44. The van der Waals surface area contributed by atoms with Crippen LogP contribution in [0, 0.1) is 0 Å². The molecule has 0 spiro atoms. The normalized spacial score (nSPS) is 14.8. The predicted molar refractivity (Wildman–Crippen MR) is 138 cm³/mol. The highest BCUT2D eigenvalue weighted by Crippen LogP contribution is 2.29. The van der Waals surface area contributed by atoms with E-state index >= 15 is 0 Å². The van der Waals surface area contributed by atoms with E-state index in [-0.39, 0.29) is 18.4 Å². The van der Waals surface area contributed by atoms with Gasteiger partial charge in [-0.1, -0.05) is 43.3 Å². The third-order valence-electron chi connectivity index (χ3n) is 5.75. The molecule has 4 rings (SSSR count). The monoisotopic (exact) mass is 476 g/mol. The standard InChI is InChI=1S/C26H28N4O3S/c1-3-18-9-7-12-21-19(16-29(24(18)21)17-23(31)27-13-8-14-33-2)15-22-25(32)30(26(34)28-22)20-10-5-4-6-11-20/h4-7,9-12,15-16H,3,8,13-14,17H2,1-2H3,(H,27,31)(H,28,34)/b22-15-. The first-order valence-corrected chi connectivity index (χ1v) is 11.7. The molecule has 0 atom stereocenters. The molecule has 2 heterocycles. The second-order valence-corrected chi connectivity index (χ2v) is 8.43. The summed E-state index contributed by atoms with van der Waals surface area (Å²) in [5, 5.41) is 7.32. The van der Waals surface area contributed by atoms with Crippen LogP contribution in [0.25, 0.3) is 17.0 Å². The average molecular weight is 477 g/mol. The van der Waals surface area contributed by atoms with Crippen molar-refractivity contribution in [3.8, 4) is 0 Å². The lowest BCUT2D eigenvalue weighted by atomic mass is 10.1. The molecule has 34 heavy (non-hydrogen) atoms. The molecule has 8 heteroatoms. The number of methoxy groups -OCH3 is 1. The van der Waals surface area contributed by atoms with E-state index in [4.69, 9.17) is 17.0 Å². The van der Waals surface area contributed by atoms with Crippen molar-refractivity contribution in [2.75, 3.05) is 25.2 Å². The van der Waals surface area contributed by atoms with Crippen molar-refractivity contribution in [3.63, 3.8) is 0 Å². The lowest BCUT2D eigenvalue weighted by Gasteiger charge is -2.13. The van der Waals surface area contributed by atoms with E-state index in [1.807, 2.05) is 59.3 Å². The van der Waals surface area contributed by atoms with Gasteiger partial charge in [0.05, 0.1) is 11.2 Å². The van der Waals surface area contributed by atoms with Crippen LogP contribution in [-0.4, -0.2) is 41.8 Å². The molecule has 1 aliphatic heterocycles. The molecule has 7 nitrogen and oxygen atoms in total. The molecular weight excluding hydrogens is 448 g/mol. The zero-order valence-electron chi connectivity index (χ0n) is 19.3. The fraction of sp³-hybridized carbons (Fsp3) is 0.269. The largest absolute Gasteiger partial charge is 0.385 e. The van der Waals surface area contributed by atoms with E-state index in [9.17, 15) is 9.59 Å². The summed E-state index contributed by atoms with van der Waals surface area (Å²) in [6.45, 7) is 3.45. The summed E-state index contributed by atoms with van der Waals surface area (Å²) in [6.07, 6.45) is 5.33. The van der Waals surface area contributed by atoms with E-state index < -0.39 is 0 Å². The number of nitrogens with one attached hydrogen (secondary N) is 2. The lowest BCUT2D eigenvalue weighted by molar-refractivity contribution is -0.121. The maximum absolute atomic E-state index is 13.2. The van der Waals surface area contributed by atoms with Crippen LogP contribution in [0.3, 0.4) is 0 Å². The summed E-state index contributed by atoms with van der Waals surface area (Å²) in [7, 11) is 1.64. The number of aromatic nitrogens is 1. The van der Waals surface area contributed by atoms with E-state index in [0.29, 0.717) is 29.6 Å². The number of carbonyl (C=O) groups is 2. The third kappa shape index (κ3) is 4.88. The minimum Gasteiger partial charge on any atom is -0.385 e. The van der Waals surface area contributed by atoms with Crippen LogP contribution in [0.5, 0.6) is 0 Å². The molecule has 1 fully saturated rings. The molecule has 2 N–H and O–H groups in total. The molecule has 0 aliphatic carbocycles. The maximum atomic E-state index is 13.2. The van der Waals surface area contributed by atoms with Crippen LogP contribution in [0.4, 0.5) is 5.69 Å². The van der Waals surface area contributed by atoms with Crippen molar-refractivity contribution in [1.82, 2.24) is 15.2 Å². The maximum Gasteiger partial charge on any atom is 0.281 e. The molecule has 2 amide bonds. The van der Waals surface area contributed by atoms with Gasteiger partial charge in [0.1, 0.15) is 12.2 Å². The molecule has 0 unspecified atom stereocenters. The van der Waals surface area contributed by atoms with Gasteiger partial charge in [-0.2, -0.15) is 0 Å². The van der Waals surface area contributed by atoms with E-state index in [0.717, 1.165) is 34.9 Å². The highest BCUT2D eigenvalue weighted by Gasteiger charge is 2.32. The Morgan fingerprint density at radius 3 is 2.71 bits per heavy atom. The fourth-order valence-electron chi connectivity index (χ4n) is 4.15. The quantitative estimate of drug-likeness (QED) is 0.280. The number of thiocarbonyl (C=S) groups is 1. The number of amides is 2. The number of hydrogen-bond acceptors (Lipinski definition) is 4. The van der Waals surface area contributed by atoms with Gasteiger partial charge in [-0.15, -0.1) is 0 Å². The number of nitrogens with zero attached hydrogens (tertiary/aromatic N) is 2. The van der Waals surface area contributed by atoms with Gasteiger partial charge in [0.15, 0.2) is 5.11 Å². The Morgan fingerprint density at radius 2 is 1.97 bits per heavy atom. The molecule has 1 aliphatic rings. The summed E-state index contributed by atoms with van der Waals surface area (Å²) in [6, 6.07) is 15.4. The van der Waals surface area contributed by atoms with Crippen LogP contribution in [0.1, 0.15) is 24.5 Å². The highest BCUT2D eigenvalue weighted by molar-refractivity contribution is 7.80. The van der Waals surface area contributed by atoms with Crippen molar-refractivity contribution < 1.29 is 14.3 Å². The van der Waals surface area contributed by atoms with Crippen LogP contribution >= 0.6 is 12.2 Å². The van der Waals surface area contributed by atoms with Crippen LogP contribution in [-0.2, 0) is 27.3 Å². The molecule has 1 saturated heterocycles. The summed E-state index contributed by atoms with van der Waals surface area (Å²) in [5.41, 5.74) is 4.11. The van der Waals surface area contributed by atoms with Gasteiger partial charge in [-0.05, 0) is 48.8 Å².